The van der Waals surface area contributed by atoms with Crippen LogP contribution in [0.3, 0.4) is 0 Å². The van der Waals surface area contributed by atoms with Crippen LogP contribution in [0.2, 0.25) is 5.02 Å². The van der Waals surface area contributed by atoms with Crippen molar-refractivity contribution in [2.75, 3.05) is 0 Å². The number of benzene rings is 2. The van der Waals surface area contributed by atoms with Gasteiger partial charge >= 0.3 is 5.97 Å². The van der Waals surface area contributed by atoms with Crippen LogP contribution in [0.4, 0.5) is 4.39 Å². The molecule has 3 heterocycles. The number of aliphatic hydroxyl groups is 3. The van der Waals surface area contributed by atoms with Crippen molar-refractivity contribution in [3.05, 3.63) is 82.1 Å². The summed E-state index contributed by atoms with van der Waals surface area (Å²) in [6, 6.07) is 9.36. The molecule has 4 N–H and O–H groups in total. The van der Waals surface area contributed by atoms with Gasteiger partial charge in [-0.2, -0.15) is 0 Å². The highest BCUT2D eigenvalue weighted by Gasteiger charge is 2.48. The Morgan fingerprint density at radius 3 is 2.72 bits per heavy atom. The minimum Gasteiger partial charge on any atom is -0.479 e. The molecule has 1 fully saturated rings. The number of rotatable bonds is 4. The van der Waals surface area contributed by atoms with Gasteiger partial charge in [0.05, 0.1) is 26.0 Å². The fourth-order valence-corrected chi connectivity index (χ4v) is 4.17. The average molecular weight is 523 g/mol. The smallest absolute Gasteiger partial charge is 0.335 e. The number of aryl methyl sites for hydroxylation is 1. The maximum Gasteiger partial charge on any atom is 0.335 e. The van der Waals surface area contributed by atoms with Crippen molar-refractivity contribution in [2.24, 2.45) is 4.99 Å². The molecule has 2 aliphatic heterocycles. The summed E-state index contributed by atoms with van der Waals surface area (Å²) in [7, 11) is 0. The van der Waals surface area contributed by atoms with Gasteiger partial charge in [-0.1, -0.05) is 23.7 Å². The van der Waals surface area contributed by atoms with Crippen LogP contribution >= 0.6 is 11.6 Å². The van der Waals surface area contributed by atoms with E-state index in [2.05, 4.69) is 9.98 Å². The molecule has 2 aliphatic rings. The van der Waals surface area contributed by atoms with Gasteiger partial charge in [0.15, 0.2) is 18.6 Å². The predicted molar refractivity (Wildman–Crippen MR) is 123 cm³/mol. The molecule has 2 aromatic carbocycles. The Morgan fingerprint density at radius 1 is 1.22 bits per heavy atom. The number of aliphatic carboxylic acids is 1. The lowest BCUT2D eigenvalue weighted by Gasteiger charge is -2.39. The number of hydrogen-bond acceptors (Lipinski definition) is 8. The summed E-state index contributed by atoms with van der Waals surface area (Å²) in [5, 5.41) is 40.5. The molecule has 0 bridgehead atoms. The molecular formula is C24H21ClFN3O7. The van der Waals surface area contributed by atoms with Crippen LogP contribution in [0, 0.1) is 12.7 Å². The van der Waals surface area contributed by atoms with E-state index in [0.717, 1.165) is 10.6 Å². The van der Waals surface area contributed by atoms with E-state index in [1.807, 2.05) is 0 Å². The number of aliphatic imine (C=N–C) groups is 1. The third kappa shape index (κ3) is 4.09. The molecule has 0 amide bonds. The van der Waals surface area contributed by atoms with Crippen molar-refractivity contribution in [1.82, 2.24) is 9.55 Å². The number of carboxylic acids is 1. The lowest BCUT2D eigenvalue weighted by Crippen LogP contribution is -2.60. The van der Waals surface area contributed by atoms with E-state index in [1.54, 1.807) is 0 Å². The molecule has 6 atom stereocenters. The first-order chi connectivity index (χ1) is 19.1. The Kier molecular flexibility index (Phi) is 4.94. The Labute approximate surface area is 215 Å². The van der Waals surface area contributed by atoms with Gasteiger partial charge in [0.25, 0.3) is 0 Å². The maximum atomic E-state index is 15.2. The van der Waals surface area contributed by atoms with Crippen LogP contribution in [-0.4, -0.2) is 72.4 Å². The van der Waals surface area contributed by atoms with E-state index in [-0.39, 0.29) is 27.5 Å². The maximum absolute atomic E-state index is 15.2. The molecule has 0 aliphatic carbocycles. The van der Waals surface area contributed by atoms with Crippen LogP contribution in [0.15, 0.2) is 53.6 Å². The molecular weight excluding hydrogens is 497 g/mol. The number of imidazole rings is 1. The Hall–Kier alpha value is -3.19. The average Bonchev–Trinajstić information content (AvgIpc) is 3.21. The lowest BCUT2D eigenvalue weighted by atomic mass is 9.99. The van der Waals surface area contributed by atoms with E-state index in [1.165, 1.54) is 36.4 Å². The topological polar surface area (TPSA) is 147 Å². The summed E-state index contributed by atoms with van der Waals surface area (Å²) in [5.74, 6) is -3.22. The van der Waals surface area contributed by atoms with Crippen LogP contribution < -0.4 is 0 Å². The van der Waals surface area contributed by atoms with E-state index >= 15 is 4.39 Å². The Bertz CT molecular complexity index is 1570. The van der Waals surface area contributed by atoms with Gasteiger partial charge in [-0.15, -0.1) is 0 Å². The molecule has 1 aromatic heterocycles. The number of ether oxygens (including phenoxy) is 2. The zero-order chi connectivity index (χ0) is 30.0. The summed E-state index contributed by atoms with van der Waals surface area (Å²) in [5.41, 5.74) is -1.07. The van der Waals surface area contributed by atoms with Gasteiger partial charge in [0, 0.05) is 20.3 Å². The molecule has 188 valence electrons. The molecule has 0 radical (unpaired) electrons. The number of carboxylic acid groups (broad SMARTS) is 1. The number of nitrogens with zero attached hydrogens (tertiary/aromatic N) is 3. The largest absolute Gasteiger partial charge is 0.479 e. The molecule has 12 heteroatoms. The molecule has 10 nitrogen and oxygen atoms in total. The molecule has 36 heavy (non-hydrogen) atoms. The predicted octanol–water partition coefficient (Wildman–Crippen LogP) is 1.73. The first-order valence-corrected chi connectivity index (χ1v) is 10.9. The van der Waals surface area contributed by atoms with Gasteiger partial charge < -0.3 is 29.9 Å². The number of fused-ring (bicyclic) bond motifs is 3. The fourth-order valence-electron chi connectivity index (χ4n) is 4.00. The molecule has 5 rings (SSSR count). The van der Waals surface area contributed by atoms with Crippen molar-refractivity contribution in [3.8, 4) is 5.69 Å². The number of halogens is 2. The van der Waals surface area contributed by atoms with Crippen molar-refractivity contribution in [1.29, 1.82) is 0 Å². The molecule has 3 aromatic rings. The zero-order valence-electron chi connectivity index (χ0n) is 23.0. The third-order valence-corrected chi connectivity index (χ3v) is 5.98. The summed E-state index contributed by atoms with van der Waals surface area (Å²) in [6.45, 7) is -2.95. The molecule has 0 spiro atoms. The van der Waals surface area contributed by atoms with Crippen molar-refractivity contribution < 1.29 is 45.9 Å². The zero-order valence-corrected chi connectivity index (χ0v) is 18.8. The van der Waals surface area contributed by atoms with Gasteiger partial charge in [-0.25, -0.2) is 19.2 Å². The summed E-state index contributed by atoms with van der Waals surface area (Å²) < 4.78 is 68.7. The summed E-state index contributed by atoms with van der Waals surface area (Å²) in [4.78, 5) is 19.7. The second-order valence-electron chi connectivity index (χ2n) is 7.99. The number of hydrogen-bond donors (Lipinski definition) is 4. The number of carbonyl (C=O) groups is 1. The first-order valence-electron chi connectivity index (χ1n) is 13.0. The molecule has 0 saturated carbocycles. The van der Waals surface area contributed by atoms with Crippen molar-refractivity contribution >= 4 is 23.3 Å². The highest BCUT2D eigenvalue weighted by molar-refractivity contribution is 6.31. The van der Waals surface area contributed by atoms with Crippen LogP contribution in [-0.2, 0) is 14.3 Å². The monoisotopic (exact) mass is 522 g/mol. The minimum absolute atomic E-state index is 0.00904. The van der Waals surface area contributed by atoms with Gasteiger partial charge in [0.2, 0.25) is 0 Å². The Balaban J connectivity index is 1.81. The standard InChI is InChI=1S/C24H21ClFN3O7/c1-10-27-9-16-22(36-24-20(32)18(30)19(31)21(35-24)23(33)34)28-17(12-4-2-3-5-14(12)26)13-8-11(25)6-7-15(13)29(10)16/h2-9,18-22,24,30-32H,1H3,(H,33,34)/t18-,19-,20+,21-,22?,24-/m0/s1/i1D3,9D,22D. The molecule has 1 saturated heterocycles. The first kappa shape index (κ1) is 19.0. The number of aliphatic hydroxyl groups excluding tert-OH is 3. The molecule has 1 unspecified atom stereocenters. The lowest BCUT2D eigenvalue weighted by molar-refractivity contribution is -0.305. The van der Waals surface area contributed by atoms with Crippen molar-refractivity contribution in [2.45, 2.75) is 43.8 Å². The van der Waals surface area contributed by atoms with Gasteiger partial charge in [-0.3, -0.25) is 4.57 Å². The summed E-state index contributed by atoms with van der Waals surface area (Å²) >= 11 is 6.25. The van der Waals surface area contributed by atoms with Crippen LogP contribution in [0.5, 0.6) is 0 Å². The minimum atomic E-state index is -2.98. The highest BCUT2D eigenvalue weighted by Crippen LogP contribution is 2.36. The highest BCUT2D eigenvalue weighted by atomic mass is 35.5. The number of aromatic nitrogens is 2. The normalized spacial score (nSPS) is 32.0. The van der Waals surface area contributed by atoms with Crippen LogP contribution in [0.25, 0.3) is 5.69 Å². The SMILES string of the molecule is [2H]c1nc(C([2H])([2H])[2H])n2c1C([2H])(O[C@@H]1O[C@H](C(=O)O)[C@@H](O)[C@H](O)[C@H]1O)N=C(c1ccccc1F)c1cc(Cl)ccc1-2. The van der Waals surface area contributed by atoms with Gasteiger partial charge in [-0.05, 0) is 37.2 Å². The quantitative estimate of drug-likeness (QED) is 0.405. The van der Waals surface area contributed by atoms with Gasteiger partial charge in [0.1, 0.15) is 30.0 Å². The van der Waals surface area contributed by atoms with E-state index in [9.17, 15) is 26.6 Å². The Morgan fingerprint density at radius 2 is 2.00 bits per heavy atom. The second-order valence-corrected chi connectivity index (χ2v) is 8.43. The summed E-state index contributed by atoms with van der Waals surface area (Å²) in [6.07, 6.45) is -14.4. The second kappa shape index (κ2) is 9.36. The fraction of sp³-hybridized carbons (Fsp3) is 0.292. The third-order valence-electron chi connectivity index (χ3n) is 5.74. The van der Waals surface area contributed by atoms with E-state index in [4.69, 9.17) is 26.6 Å². The van der Waals surface area contributed by atoms with E-state index in [0.29, 0.717) is 0 Å². The van der Waals surface area contributed by atoms with E-state index < -0.39 is 73.2 Å². The van der Waals surface area contributed by atoms with Crippen LogP contribution in [0.1, 0.15) is 35.7 Å². The van der Waals surface area contributed by atoms with Crippen molar-refractivity contribution in [3.63, 3.8) is 0 Å².